The van der Waals surface area contributed by atoms with Crippen LogP contribution in [0.3, 0.4) is 0 Å². The summed E-state index contributed by atoms with van der Waals surface area (Å²) in [6.45, 7) is 12.9. The first kappa shape index (κ1) is 14.9. The molecule has 1 aromatic carbocycles. The van der Waals surface area contributed by atoms with Gasteiger partial charge in [-0.2, -0.15) is 0 Å². The highest BCUT2D eigenvalue weighted by Gasteiger charge is 2.22. The van der Waals surface area contributed by atoms with E-state index in [2.05, 4.69) is 47.2 Å². The van der Waals surface area contributed by atoms with Crippen LogP contribution in [0.5, 0.6) is 0 Å². The second kappa shape index (κ2) is 6.80. The molecule has 0 spiro atoms. The van der Waals surface area contributed by atoms with E-state index < -0.39 is 0 Å². The molecule has 3 rings (SSSR count). The van der Waals surface area contributed by atoms with Crippen LogP contribution in [0.1, 0.15) is 24.0 Å². The van der Waals surface area contributed by atoms with Gasteiger partial charge in [0, 0.05) is 38.4 Å². The zero-order valence-corrected chi connectivity index (χ0v) is 13.6. The van der Waals surface area contributed by atoms with E-state index in [9.17, 15) is 0 Å². The smallest absolute Gasteiger partial charge is 0.0399 e. The van der Waals surface area contributed by atoms with Crippen molar-refractivity contribution in [3.63, 3.8) is 0 Å². The van der Waals surface area contributed by atoms with Crippen LogP contribution in [0, 0.1) is 19.8 Å². The molecule has 2 aliphatic heterocycles. The van der Waals surface area contributed by atoms with Crippen molar-refractivity contribution in [3.05, 3.63) is 29.3 Å². The van der Waals surface area contributed by atoms with Gasteiger partial charge in [0.05, 0.1) is 0 Å². The number of piperazine rings is 1. The van der Waals surface area contributed by atoms with Crippen LogP contribution >= 0.6 is 0 Å². The van der Waals surface area contributed by atoms with Crippen LogP contribution in [-0.2, 0) is 0 Å². The van der Waals surface area contributed by atoms with E-state index in [4.69, 9.17) is 0 Å². The number of anilines is 1. The first-order valence-corrected chi connectivity index (χ1v) is 8.47. The molecule has 1 aromatic rings. The molecule has 3 nitrogen and oxygen atoms in total. The fourth-order valence-electron chi connectivity index (χ4n) is 3.68. The molecule has 1 N–H and O–H groups in total. The molecule has 2 heterocycles. The second-order valence-corrected chi connectivity index (χ2v) is 6.79. The van der Waals surface area contributed by atoms with Gasteiger partial charge >= 0.3 is 0 Å². The summed E-state index contributed by atoms with van der Waals surface area (Å²) in [5, 5.41) is 3.54. The Hall–Kier alpha value is -1.06. The van der Waals surface area contributed by atoms with Crippen LogP contribution in [0.25, 0.3) is 0 Å². The van der Waals surface area contributed by atoms with Gasteiger partial charge in [-0.25, -0.2) is 0 Å². The molecule has 1 atom stereocenters. The summed E-state index contributed by atoms with van der Waals surface area (Å²) >= 11 is 0. The molecular weight excluding hydrogens is 258 g/mol. The molecule has 116 valence electrons. The van der Waals surface area contributed by atoms with Gasteiger partial charge in [-0.15, -0.1) is 0 Å². The first-order valence-electron chi connectivity index (χ1n) is 8.47. The van der Waals surface area contributed by atoms with Gasteiger partial charge in [-0.05, 0) is 62.9 Å². The van der Waals surface area contributed by atoms with E-state index in [1.807, 2.05) is 0 Å². The monoisotopic (exact) mass is 287 g/mol. The van der Waals surface area contributed by atoms with Gasteiger partial charge in [0.25, 0.3) is 0 Å². The summed E-state index contributed by atoms with van der Waals surface area (Å²) in [6.07, 6.45) is 2.76. The largest absolute Gasteiger partial charge is 0.369 e. The average molecular weight is 287 g/mol. The molecule has 1 unspecified atom stereocenters. The number of hydrogen-bond acceptors (Lipinski definition) is 3. The molecule has 0 aromatic heterocycles. The Morgan fingerprint density at radius 2 is 1.95 bits per heavy atom. The van der Waals surface area contributed by atoms with Crippen LogP contribution in [-0.4, -0.2) is 50.7 Å². The lowest BCUT2D eigenvalue weighted by molar-refractivity contribution is 0.199. The summed E-state index contributed by atoms with van der Waals surface area (Å²) in [5.74, 6) is 0.867. The minimum Gasteiger partial charge on any atom is -0.369 e. The zero-order chi connectivity index (χ0) is 14.7. The van der Waals surface area contributed by atoms with Gasteiger partial charge < -0.3 is 10.2 Å². The fourth-order valence-corrected chi connectivity index (χ4v) is 3.68. The minimum atomic E-state index is 0.867. The summed E-state index contributed by atoms with van der Waals surface area (Å²) < 4.78 is 0. The molecule has 0 saturated carbocycles. The van der Waals surface area contributed by atoms with Crippen LogP contribution in [0.2, 0.25) is 0 Å². The van der Waals surface area contributed by atoms with Crippen molar-refractivity contribution < 1.29 is 0 Å². The quantitative estimate of drug-likeness (QED) is 0.921. The number of nitrogens with zero attached hydrogens (tertiary/aromatic N) is 2. The Kier molecular flexibility index (Phi) is 4.81. The zero-order valence-electron chi connectivity index (χ0n) is 13.6. The number of aryl methyl sites for hydroxylation is 2. The van der Waals surface area contributed by atoms with Gasteiger partial charge in [0.2, 0.25) is 0 Å². The van der Waals surface area contributed by atoms with Gasteiger partial charge in [0.1, 0.15) is 0 Å². The highest BCUT2D eigenvalue weighted by molar-refractivity contribution is 5.55. The Morgan fingerprint density at radius 1 is 1.14 bits per heavy atom. The van der Waals surface area contributed by atoms with Gasteiger partial charge in [0.15, 0.2) is 0 Å². The maximum Gasteiger partial charge on any atom is 0.0399 e. The van der Waals surface area contributed by atoms with Gasteiger partial charge in [-0.3, -0.25) is 4.90 Å². The number of piperidine rings is 1. The molecule has 0 bridgehead atoms. The number of rotatable bonds is 3. The van der Waals surface area contributed by atoms with Crippen molar-refractivity contribution in [1.29, 1.82) is 0 Å². The Labute approximate surface area is 129 Å². The minimum absolute atomic E-state index is 0.867. The maximum absolute atomic E-state index is 3.54. The number of benzene rings is 1. The maximum atomic E-state index is 3.54. The van der Waals surface area contributed by atoms with Crippen LogP contribution in [0.4, 0.5) is 5.69 Å². The summed E-state index contributed by atoms with van der Waals surface area (Å²) in [5.41, 5.74) is 4.21. The van der Waals surface area contributed by atoms with Crippen molar-refractivity contribution >= 4 is 5.69 Å². The molecule has 0 amide bonds. The predicted octanol–water partition coefficient (Wildman–Crippen LogP) is 2.43. The lowest BCUT2D eigenvalue weighted by Gasteiger charge is -2.39. The number of nitrogens with one attached hydrogen (secondary N) is 1. The third-order valence-corrected chi connectivity index (χ3v) is 4.99. The molecule has 0 aliphatic carbocycles. The molecule has 2 aliphatic rings. The molecule has 0 radical (unpaired) electrons. The first-order chi connectivity index (χ1) is 10.2. The topological polar surface area (TPSA) is 18.5 Å². The Balaban J connectivity index is 1.53. The number of hydrogen-bond donors (Lipinski definition) is 1. The second-order valence-electron chi connectivity index (χ2n) is 6.79. The fraction of sp³-hybridized carbons (Fsp3) is 0.667. The highest BCUT2D eigenvalue weighted by Crippen LogP contribution is 2.23. The highest BCUT2D eigenvalue weighted by atomic mass is 15.3. The van der Waals surface area contributed by atoms with Crippen molar-refractivity contribution in [2.24, 2.45) is 5.92 Å². The van der Waals surface area contributed by atoms with Crippen molar-refractivity contribution in [2.45, 2.75) is 26.7 Å². The summed E-state index contributed by atoms with van der Waals surface area (Å²) in [4.78, 5) is 5.23. The van der Waals surface area contributed by atoms with E-state index in [0.717, 1.165) is 5.92 Å². The predicted molar refractivity (Wildman–Crippen MR) is 90.2 cm³/mol. The average Bonchev–Trinajstić information content (AvgIpc) is 2.52. The lowest BCUT2D eigenvalue weighted by atomic mass is 9.99. The van der Waals surface area contributed by atoms with E-state index in [0.29, 0.717) is 0 Å². The Bertz CT molecular complexity index is 458. The van der Waals surface area contributed by atoms with E-state index in [1.165, 1.54) is 75.5 Å². The lowest BCUT2D eigenvalue weighted by Crippen LogP contribution is -2.49. The van der Waals surface area contributed by atoms with E-state index in [1.54, 1.807) is 0 Å². The van der Waals surface area contributed by atoms with E-state index >= 15 is 0 Å². The Morgan fingerprint density at radius 3 is 2.67 bits per heavy atom. The standard InChI is InChI=1S/C18H29N3/c1-15-5-6-16(2)18(12-15)21-10-8-20(9-11-21)14-17-4-3-7-19-13-17/h5-6,12,17,19H,3-4,7-11,13-14H2,1-2H3. The van der Waals surface area contributed by atoms with Crippen molar-refractivity contribution in [2.75, 3.05) is 50.7 Å². The normalized spacial score (nSPS) is 24.3. The van der Waals surface area contributed by atoms with Crippen LogP contribution < -0.4 is 10.2 Å². The van der Waals surface area contributed by atoms with Crippen LogP contribution in [0.15, 0.2) is 18.2 Å². The molecular formula is C18H29N3. The molecule has 21 heavy (non-hydrogen) atoms. The van der Waals surface area contributed by atoms with E-state index in [-0.39, 0.29) is 0 Å². The summed E-state index contributed by atoms with van der Waals surface area (Å²) in [7, 11) is 0. The SMILES string of the molecule is Cc1ccc(C)c(N2CCN(CC3CCCNC3)CC2)c1. The molecule has 2 saturated heterocycles. The molecule has 2 fully saturated rings. The van der Waals surface area contributed by atoms with Gasteiger partial charge in [-0.1, -0.05) is 12.1 Å². The molecule has 3 heteroatoms. The third kappa shape index (κ3) is 3.78. The summed E-state index contributed by atoms with van der Waals surface area (Å²) in [6, 6.07) is 6.81. The third-order valence-electron chi connectivity index (χ3n) is 4.99. The van der Waals surface area contributed by atoms with Crippen molar-refractivity contribution in [1.82, 2.24) is 10.2 Å². The van der Waals surface area contributed by atoms with Crippen molar-refractivity contribution in [3.8, 4) is 0 Å².